The number of rotatable bonds is 7. The third-order valence-corrected chi connectivity index (χ3v) is 4.69. The van der Waals surface area contributed by atoms with E-state index in [-0.39, 0.29) is 12.4 Å². The fourth-order valence-corrected chi connectivity index (χ4v) is 2.92. The van der Waals surface area contributed by atoms with Crippen LogP contribution in [0.4, 0.5) is 4.39 Å². The molecule has 0 saturated heterocycles. The van der Waals surface area contributed by atoms with E-state index in [1.54, 1.807) is 30.5 Å². The van der Waals surface area contributed by atoms with Gasteiger partial charge in [-0.05, 0) is 29.8 Å². The Hall–Kier alpha value is -2.32. The summed E-state index contributed by atoms with van der Waals surface area (Å²) in [6.45, 7) is 0.721. The van der Waals surface area contributed by atoms with Gasteiger partial charge in [0.05, 0.1) is 18.7 Å². The maximum atomic E-state index is 13.1. The van der Waals surface area contributed by atoms with Gasteiger partial charge in [0, 0.05) is 10.0 Å². The number of hydrogen-bond donors (Lipinski definition) is 1. The van der Waals surface area contributed by atoms with Gasteiger partial charge < -0.3 is 14.9 Å². The van der Waals surface area contributed by atoms with E-state index >= 15 is 0 Å². The van der Waals surface area contributed by atoms with Gasteiger partial charge in [-0.1, -0.05) is 33.6 Å². The highest BCUT2D eigenvalue weighted by Gasteiger charge is 2.12. The molecule has 0 amide bonds. The van der Waals surface area contributed by atoms with Crippen LogP contribution in [-0.2, 0) is 13.2 Å². The van der Waals surface area contributed by atoms with Gasteiger partial charge in [-0.25, -0.2) is 9.07 Å². The number of hydrogen-bond acceptors (Lipinski definition) is 5. The second kappa shape index (κ2) is 8.37. The molecule has 0 saturated carbocycles. The summed E-state index contributed by atoms with van der Waals surface area (Å²) in [6, 6.07) is 7.88. The average Bonchev–Trinajstić information content (AvgIpc) is 3.13. The molecule has 3 rings (SSSR count). The maximum Gasteiger partial charge on any atom is 0.162 e. The molecule has 0 aliphatic heterocycles. The van der Waals surface area contributed by atoms with Crippen LogP contribution in [0.2, 0.25) is 5.02 Å². The van der Waals surface area contributed by atoms with Crippen molar-refractivity contribution in [1.29, 1.82) is 0 Å². The van der Waals surface area contributed by atoms with Crippen molar-refractivity contribution in [3.8, 4) is 11.5 Å². The SMILES string of the molecule is COc1cc(CNn2cnnc2)c(Br)cc1OCc1ccc(F)cc1Cl. The Morgan fingerprint density at radius 3 is 2.62 bits per heavy atom. The molecule has 1 heterocycles. The molecule has 136 valence electrons. The summed E-state index contributed by atoms with van der Waals surface area (Å²) >= 11 is 9.57. The minimum Gasteiger partial charge on any atom is -0.493 e. The third kappa shape index (κ3) is 4.44. The summed E-state index contributed by atoms with van der Waals surface area (Å²) in [7, 11) is 1.57. The van der Waals surface area contributed by atoms with E-state index in [2.05, 4.69) is 31.6 Å². The van der Waals surface area contributed by atoms with Gasteiger partial charge in [-0.15, -0.1) is 10.2 Å². The molecule has 9 heteroatoms. The Morgan fingerprint density at radius 1 is 1.15 bits per heavy atom. The Balaban J connectivity index is 1.73. The molecule has 1 N–H and O–H groups in total. The number of benzene rings is 2. The van der Waals surface area contributed by atoms with E-state index in [9.17, 15) is 4.39 Å². The number of methoxy groups -OCH3 is 1. The highest BCUT2D eigenvalue weighted by molar-refractivity contribution is 9.10. The number of aromatic nitrogens is 3. The summed E-state index contributed by atoms with van der Waals surface area (Å²) in [5.74, 6) is 0.740. The lowest BCUT2D eigenvalue weighted by atomic mass is 10.2. The molecular formula is C17H15BrClFN4O2. The topological polar surface area (TPSA) is 61.2 Å². The van der Waals surface area contributed by atoms with Crippen LogP contribution >= 0.6 is 27.5 Å². The molecule has 2 aromatic carbocycles. The lowest BCUT2D eigenvalue weighted by molar-refractivity contribution is 0.284. The first kappa shape index (κ1) is 18.5. The molecule has 0 atom stereocenters. The van der Waals surface area contributed by atoms with Crippen molar-refractivity contribution in [2.45, 2.75) is 13.2 Å². The van der Waals surface area contributed by atoms with Gasteiger partial charge in [0.15, 0.2) is 11.5 Å². The van der Waals surface area contributed by atoms with Crippen LogP contribution in [0.5, 0.6) is 11.5 Å². The summed E-state index contributed by atoms with van der Waals surface area (Å²) in [4.78, 5) is 0. The third-order valence-electron chi connectivity index (χ3n) is 3.60. The maximum absolute atomic E-state index is 13.1. The monoisotopic (exact) mass is 440 g/mol. The van der Waals surface area contributed by atoms with Gasteiger partial charge in [0.25, 0.3) is 0 Å². The molecule has 3 aromatic rings. The lowest BCUT2D eigenvalue weighted by Gasteiger charge is -2.15. The number of ether oxygens (including phenoxy) is 2. The fraction of sp³-hybridized carbons (Fsp3) is 0.176. The second-order valence-electron chi connectivity index (χ2n) is 5.32. The molecule has 0 spiro atoms. The quantitative estimate of drug-likeness (QED) is 0.596. The van der Waals surface area contributed by atoms with Crippen molar-refractivity contribution < 1.29 is 13.9 Å². The van der Waals surface area contributed by atoms with Crippen molar-refractivity contribution in [1.82, 2.24) is 14.9 Å². The molecule has 0 radical (unpaired) electrons. The molecule has 0 aliphatic carbocycles. The van der Waals surface area contributed by atoms with E-state index < -0.39 is 0 Å². The van der Waals surface area contributed by atoms with Gasteiger partial charge in [-0.3, -0.25) is 0 Å². The van der Waals surface area contributed by atoms with Crippen molar-refractivity contribution >= 4 is 27.5 Å². The summed E-state index contributed by atoms with van der Waals surface area (Å²) in [5, 5.41) is 7.78. The van der Waals surface area contributed by atoms with E-state index in [1.807, 2.05) is 12.1 Å². The van der Waals surface area contributed by atoms with Crippen LogP contribution in [0.25, 0.3) is 0 Å². The largest absolute Gasteiger partial charge is 0.493 e. The van der Waals surface area contributed by atoms with Crippen LogP contribution in [0.3, 0.4) is 0 Å². The van der Waals surface area contributed by atoms with E-state index in [1.165, 1.54) is 12.1 Å². The minimum atomic E-state index is -0.385. The van der Waals surface area contributed by atoms with Crippen molar-refractivity contribution in [2.75, 3.05) is 12.5 Å². The van der Waals surface area contributed by atoms with Gasteiger partial charge in [0.1, 0.15) is 25.1 Å². The molecule has 0 unspecified atom stereocenters. The minimum absolute atomic E-state index is 0.195. The normalized spacial score (nSPS) is 10.6. The smallest absolute Gasteiger partial charge is 0.162 e. The fourth-order valence-electron chi connectivity index (χ4n) is 2.24. The predicted octanol–water partition coefficient (Wildman–Crippen LogP) is 4.16. The molecule has 26 heavy (non-hydrogen) atoms. The highest BCUT2D eigenvalue weighted by Crippen LogP contribution is 2.34. The molecule has 6 nitrogen and oxygen atoms in total. The van der Waals surface area contributed by atoms with Crippen LogP contribution < -0.4 is 14.9 Å². The van der Waals surface area contributed by atoms with Crippen molar-refractivity contribution in [3.63, 3.8) is 0 Å². The van der Waals surface area contributed by atoms with E-state index in [0.29, 0.717) is 28.6 Å². The van der Waals surface area contributed by atoms with E-state index in [0.717, 1.165) is 10.0 Å². The zero-order chi connectivity index (χ0) is 18.5. The Morgan fingerprint density at radius 2 is 1.92 bits per heavy atom. The van der Waals surface area contributed by atoms with Crippen LogP contribution in [0.1, 0.15) is 11.1 Å². The van der Waals surface area contributed by atoms with Crippen LogP contribution in [0, 0.1) is 5.82 Å². The first-order valence-electron chi connectivity index (χ1n) is 7.58. The second-order valence-corrected chi connectivity index (χ2v) is 6.58. The first-order valence-corrected chi connectivity index (χ1v) is 8.75. The summed E-state index contributed by atoms with van der Waals surface area (Å²) in [5.41, 5.74) is 4.78. The van der Waals surface area contributed by atoms with Gasteiger partial charge >= 0.3 is 0 Å². The van der Waals surface area contributed by atoms with Gasteiger partial charge in [-0.2, -0.15) is 0 Å². The number of nitrogens with one attached hydrogen (secondary N) is 1. The van der Waals surface area contributed by atoms with Crippen LogP contribution in [-0.4, -0.2) is 22.0 Å². The zero-order valence-electron chi connectivity index (χ0n) is 13.7. The number of halogens is 3. The Labute approximate surface area is 163 Å². The van der Waals surface area contributed by atoms with Gasteiger partial charge in [0.2, 0.25) is 0 Å². The molecule has 0 aliphatic rings. The van der Waals surface area contributed by atoms with Crippen molar-refractivity contribution in [3.05, 3.63) is 69.4 Å². The first-order chi connectivity index (χ1) is 12.6. The van der Waals surface area contributed by atoms with Crippen molar-refractivity contribution in [2.24, 2.45) is 0 Å². The molecule has 1 aromatic heterocycles. The summed E-state index contributed by atoms with van der Waals surface area (Å²) < 4.78 is 26.9. The molecular weight excluding hydrogens is 427 g/mol. The molecule has 0 fully saturated rings. The number of nitrogens with zero attached hydrogens (tertiary/aromatic N) is 3. The summed E-state index contributed by atoms with van der Waals surface area (Å²) in [6.07, 6.45) is 3.13. The van der Waals surface area contributed by atoms with Crippen LogP contribution in [0.15, 0.2) is 47.5 Å². The van der Waals surface area contributed by atoms with E-state index in [4.69, 9.17) is 21.1 Å². The zero-order valence-corrected chi connectivity index (χ0v) is 16.1. The average molecular weight is 442 g/mol. The highest BCUT2D eigenvalue weighted by atomic mass is 79.9. The Bertz CT molecular complexity index is 893. The standard InChI is InChI=1S/C17H15BrClFN4O2/c1-25-16-4-12(7-23-24-9-21-22-10-24)14(18)6-17(16)26-8-11-2-3-13(20)5-15(11)19/h2-6,9-10,23H,7-8H2,1H3. The Kier molecular flexibility index (Phi) is 5.95. The lowest BCUT2D eigenvalue weighted by Crippen LogP contribution is -2.12. The molecule has 0 bridgehead atoms. The predicted molar refractivity (Wildman–Crippen MR) is 99.5 cm³/mol.